The largest absolute Gasteiger partial charge is 0.399 e. The van der Waals surface area contributed by atoms with E-state index in [1.54, 1.807) is 12.1 Å². The maximum atomic E-state index is 12.5. The molecule has 2 aromatic carbocycles. The molecule has 3 N–H and O–H groups in total. The van der Waals surface area contributed by atoms with Crippen LogP contribution in [0, 0.1) is 0 Å². The minimum Gasteiger partial charge on any atom is -0.399 e. The maximum absolute atomic E-state index is 12.5. The van der Waals surface area contributed by atoms with Gasteiger partial charge in [-0.05, 0) is 54.7 Å². The van der Waals surface area contributed by atoms with E-state index >= 15 is 0 Å². The number of amides is 2. The summed E-state index contributed by atoms with van der Waals surface area (Å²) in [5, 5.41) is 2.91. The second kappa shape index (κ2) is 8.52. The smallest absolute Gasteiger partial charge is 0.253 e. The molecule has 0 radical (unpaired) electrons. The molecule has 1 saturated heterocycles. The Morgan fingerprint density at radius 2 is 1.50 bits per heavy atom. The summed E-state index contributed by atoms with van der Waals surface area (Å²) in [6, 6.07) is 14.8. The lowest BCUT2D eigenvalue weighted by molar-refractivity contribution is -0.120. The summed E-state index contributed by atoms with van der Waals surface area (Å²) >= 11 is 0. The molecule has 3 rings (SSSR count). The molecule has 1 heterocycles. The molecule has 0 aliphatic carbocycles. The molecule has 5 heteroatoms. The Morgan fingerprint density at radius 1 is 0.885 bits per heavy atom. The van der Waals surface area contributed by atoms with E-state index in [1.165, 1.54) is 6.42 Å². The Morgan fingerprint density at radius 3 is 2.15 bits per heavy atom. The lowest BCUT2D eigenvalue weighted by Crippen LogP contribution is -2.35. The van der Waals surface area contributed by atoms with E-state index in [9.17, 15) is 9.59 Å². The van der Waals surface area contributed by atoms with Crippen molar-refractivity contribution in [1.29, 1.82) is 0 Å². The number of nitrogen functional groups attached to an aromatic ring is 1. The molecule has 1 aliphatic rings. The van der Waals surface area contributed by atoms with Gasteiger partial charge in [0, 0.05) is 30.9 Å². The van der Waals surface area contributed by atoms with Crippen LogP contribution in [0.2, 0.25) is 0 Å². The number of piperidine rings is 1. The molecule has 0 bridgehead atoms. The van der Waals surface area contributed by atoms with E-state index < -0.39 is 0 Å². The standard InChI is InChI=1S/C21H25N3O2/c22-19-10-6-16(7-11-19)14-20(25)23-15-17-4-8-18(9-5-17)21(26)24-12-2-1-3-13-24/h4-11H,1-3,12-15,22H2,(H,23,25). The molecule has 136 valence electrons. The van der Waals surface area contributed by atoms with Gasteiger partial charge in [0.05, 0.1) is 6.42 Å². The van der Waals surface area contributed by atoms with Crippen molar-refractivity contribution in [2.45, 2.75) is 32.2 Å². The van der Waals surface area contributed by atoms with Gasteiger partial charge >= 0.3 is 0 Å². The average molecular weight is 351 g/mol. The van der Waals surface area contributed by atoms with E-state index in [-0.39, 0.29) is 11.8 Å². The highest BCUT2D eigenvalue weighted by Gasteiger charge is 2.17. The van der Waals surface area contributed by atoms with Gasteiger partial charge in [0.15, 0.2) is 0 Å². The predicted octanol–water partition coefficient (Wildman–Crippen LogP) is 2.75. The van der Waals surface area contributed by atoms with Crippen LogP contribution >= 0.6 is 0 Å². The van der Waals surface area contributed by atoms with Crippen LogP contribution in [0.1, 0.15) is 40.7 Å². The molecule has 0 atom stereocenters. The van der Waals surface area contributed by atoms with Crippen molar-refractivity contribution < 1.29 is 9.59 Å². The third kappa shape index (κ3) is 4.85. The molecule has 2 amide bonds. The maximum Gasteiger partial charge on any atom is 0.253 e. The van der Waals surface area contributed by atoms with E-state index in [2.05, 4.69) is 5.32 Å². The Labute approximate surface area is 154 Å². The van der Waals surface area contributed by atoms with Crippen molar-refractivity contribution >= 4 is 17.5 Å². The number of nitrogens with zero attached hydrogens (tertiary/aromatic N) is 1. The van der Waals surface area contributed by atoms with Crippen molar-refractivity contribution in [1.82, 2.24) is 10.2 Å². The first kappa shape index (κ1) is 18.0. The van der Waals surface area contributed by atoms with Gasteiger partial charge in [0.25, 0.3) is 5.91 Å². The molecular weight excluding hydrogens is 326 g/mol. The zero-order chi connectivity index (χ0) is 18.4. The molecule has 26 heavy (non-hydrogen) atoms. The summed E-state index contributed by atoms with van der Waals surface area (Å²) in [5.41, 5.74) is 8.95. The van der Waals surface area contributed by atoms with Gasteiger partial charge < -0.3 is 16.0 Å². The van der Waals surface area contributed by atoms with Crippen LogP contribution < -0.4 is 11.1 Å². The summed E-state index contributed by atoms with van der Waals surface area (Å²) < 4.78 is 0. The number of rotatable bonds is 5. The first-order valence-electron chi connectivity index (χ1n) is 9.11. The number of benzene rings is 2. The number of hydrogen-bond donors (Lipinski definition) is 2. The van der Waals surface area contributed by atoms with Gasteiger partial charge in [-0.3, -0.25) is 9.59 Å². The predicted molar refractivity (Wildman–Crippen MR) is 103 cm³/mol. The molecule has 0 spiro atoms. The lowest BCUT2D eigenvalue weighted by atomic mass is 10.1. The van der Waals surface area contributed by atoms with Crippen LogP contribution in [0.15, 0.2) is 48.5 Å². The van der Waals surface area contributed by atoms with Crippen molar-refractivity contribution in [2.75, 3.05) is 18.8 Å². The molecular formula is C21H25N3O2. The van der Waals surface area contributed by atoms with Gasteiger partial charge in [-0.2, -0.15) is 0 Å². The molecule has 0 aromatic heterocycles. The van der Waals surface area contributed by atoms with Crippen LogP contribution in [0.25, 0.3) is 0 Å². The molecule has 2 aromatic rings. The van der Waals surface area contributed by atoms with E-state index in [1.807, 2.05) is 41.3 Å². The number of nitrogens with two attached hydrogens (primary N) is 1. The topological polar surface area (TPSA) is 75.4 Å². The van der Waals surface area contributed by atoms with Crippen LogP contribution in [-0.4, -0.2) is 29.8 Å². The monoisotopic (exact) mass is 351 g/mol. The van der Waals surface area contributed by atoms with Crippen molar-refractivity contribution in [2.24, 2.45) is 0 Å². The highest BCUT2D eigenvalue weighted by Crippen LogP contribution is 2.14. The Kier molecular flexibility index (Phi) is 5.89. The summed E-state index contributed by atoms with van der Waals surface area (Å²) in [4.78, 5) is 26.4. The Bertz CT molecular complexity index is 748. The highest BCUT2D eigenvalue weighted by molar-refractivity contribution is 5.94. The van der Waals surface area contributed by atoms with Crippen molar-refractivity contribution in [3.05, 3.63) is 65.2 Å². The van der Waals surface area contributed by atoms with Crippen molar-refractivity contribution in [3.63, 3.8) is 0 Å². The molecule has 1 aliphatic heterocycles. The number of carbonyl (C=O) groups is 2. The normalized spacial score (nSPS) is 14.1. The highest BCUT2D eigenvalue weighted by atomic mass is 16.2. The third-order valence-corrected chi connectivity index (χ3v) is 4.68. The van der Waals surface area contributed by atoms with Crippen LogP contribution in [0.5, 0.6) is 0 Å². The molecule has 5 nitrogen and oxygen atoms in total. The quantitative estimate of drug-likeness (QED) is 0.814. The van der Waals surface area contributed by atoms with Gasteiger partial charge in [0.2, 0.25) is 5.91 Å². The Balaban J connectivity index is 1.50. The SMILES string of the molecule is Nc1ccc(CC(=O)NCc2ccc(C(=O)N3CCCCC3)cc2)cc1. The fraction of sp³-hybridized carbons (Fsp3) is 0.333. The average Bonchev–Trinajstić information content (AvgIpc) is 2.69. The number of carbonyl (C=O) groups excluding carboxylic acids is 2. The van der Waals surface area contributed by atoms with Gasteiger partial charge in [-0.15, -0.1) is 0 Å². The number of hydrogen-bond acceptors (Lipinski definition) is 3. The van der Waals surface area contributed by atoms with Crippen LogP contribution in [-0.2, 0) is 17.8 Å². The zero-order valence-corrected chi connectivity index (χ0v) is 14.9. The molecule has 0 unspecified atom stereocenters. The second-order valence-electron chi connectivity index (χ2n) is 6.74. The van der Waals surface area contributed by atoms with Gasteiger partial charge in [-0.1, -0.05) is 24.3 Å². The minimum absolute atomic E-state index is 0.0387. The first-order valence-corrected chi connectivity index (χ1v) is 9.11. The zero-order valence-electron chi connectivity index (χ0n) is 14.9. The number of likely N-dealkylation sites (tertiary alicyclic amines) is 1. The van der Waals surface area contributed by atoms with E-state index in [0.717, 1.165) is 37.1 Å². The summed E-state index contributed by atoms with van der Waals surface area (Å²) in [7, 11) is 0. The molecule has 0 saturated carbocycles. The fourth-order valence-electron chi connectivity index (χ4n) is 3.13. The summed E-state index contributed by atoms with van der Waals surface area (Å²) in [6.07, 6.45) is 3.71. The lowest BCUT2D eigenvalue weighted by Gasteiger charge is -2.26. The second-order valence-corrected chi connectivity index (χ2v) is 6.74. The minimum atomic E-state index is -0.0387. The first-order chi connectivity index (χ1) is 12.6. The number of anilines is 1. The number of nitrogens with one attached hydrogen (secondary N) is 1. The molecule has 1 fully saturated rings. The van der Waals surface area contributed by atoms with Crippen LogP contribution in [0.3, 0.4) is 0 Å². The van der Waals surface area contributed by atoms with Gasteiger partial charge in [-0.25, -0.2) is 0 Å². The summed E-state index contributed by atoms with van der Waals surface area (Å²) in [5.74, 6) is 0.0619. The Hall–Kier alpha value is -2.82. The fourth-order valence-corrected chi connectivity index (χ4v) is 3.13. The van der Waals surface area contributed by atoms with Gasteiger partial charge in [0.1, 0.15) is 0 Å². The summed E-state index contributed by atoms with van der Waals surface area (Å²) in [6.45, 7) is 2.15. The third-order valence-electron chi connectivity index (χ3n) is 4.68. The van der Waals surface area contributed by atoms with E-state index in [4.69, 9.17) is 5.73 Å². The van der Waals surface area contributed by atoms with Crippen molar-refractivity contribution in [3.8, 4) is 0 Å². The van der Waals surface area contributed by atoms with Crippen LogP contribution in [0.4, 0.5) is 5.69 Å². The van der Waals surface area contributed by atoms with E-state index in [0.29, 0.717) is 24.2 Å².